The molecule has 0 bridgehead atoms. The Morgan fingerprint density at radius 3 is 2.56 bits per heavy atom. The molecular formula is C18H18F2O5. The summed E-state index contributed by atoms with van der Waals surface area (Å²) in [5, 5.41) is 9.23. The maximum absolute atomic E-state index is 13.6. The number of rotatable bonds is 8. The van der Waals surface area contributed by atoms with Gasteiger partial charge in [-0.05, 0) is 42.8 Å². The molecule has 0 amide bonds. The lowest BCUT2D eigenvalue weighted by Gasteiger charge is -2.16. The second-order valence-corrected chi connectivity index (χ2v) is 5.11. The third kappa shape index (κ3) is 4.67. The number of halogens is 2. The smallest absolute Gasteiger partial charge is 0.337 e. The highest BCUT2D eigenvalue weighted by molar-refractivity contribution is 5.74. The summed E-state index contributed by atoms with van der Waals surface area (Å²) in [6.07, 6.45) is -1.13. The average molecular weight is 352 g/mol. The molecule has 0 aliphatic heterocycles. The van der Waals surface area contributed by atoms with Gasteiger partial charge in [-0.1, -0.05) is 6.07 Å². The van der Waals surface area contributed by atoms with Crippen LogP contribution in [0.2, 0.25) is 0 Å². The van der Waals surface area contributed by atoms with Crippen LogP contribution in [-0.4, -0.2) is 24.8 Å². The molecule has 0 fully saturated rings. The molecule has 0 radical (unpaired) electrons. The van der Waals surface area contributed by atoms with E-state index in [0.29, 0.717) is 5.56 Å². The highest BCUT2D eigenvalue weighted by Crippen LogP contribution is 2.32. The summed E-state index contributed by atoms with van der Waals surface area (Å²) >= 11 is 0. The number of hydrogen-bond acceptors (Lipinski definition) is 4. The number of methoxy groups -OCH3 is 1. The van der Waals surface area contributed by atoms with Gasteiger partial charge >= 0.3 is 5.97 Å². The Labute approximate surface area is 143 Å². The average Bonchev–Trinajstić information content (AvgIpc) is 2.60. The van der Waals surface area contributed by atoms with Gasteiger partial charge in [0, 0.05) is 12.2 Å². The van der Waals surface area contributed by atoms with E-state index >= 15 is 0 Å². The van der Waals surface area contributed by atoms with E-state index in [1.54, 1.807) is 6.92 Å². The van der Waals surface area contributed by atoms with Crippen molar-refractivity contribution >= 4 is 5.97 Å². The summed E-state index contributed by atoms with van der Waals surface area (Å²) in [6.45, 7) is 1.72. The fourth-order valence-corrected chi connectivity index (χ4v) is 2.25. The standard InChI is InChI=1S/C18H18F2O5/c1-3-24-17(18(21)22)11-4-7-15(16(9-11)23-2)25-10-12-8-13(19)5-6-14(12)20/h4-9,17H,3,10H2,1-2H3,(H,21,22). The third-order valence-corrected chi connectivity index (χ3v) is 3.44. The zero-order chi connectivity index (χ0) is 18.4. The number of carboxylic acid groups (broad SMARTS) is 1. The molecule has 0 saturated heterocycles. The van der Waals surface area contributed by atoms with Crippen molar-refractivity contribution in [2.24, 2.45) is 0 Å². The number of hydrogen-bond donors (Lipinski definition) is 1. The molecule has 0 aromatic heterocycles. The molecule has 1 unspecified atom stereocenters. The van der Waals surface area contributed by atoms with Gasteiger partial charge < -0.3 is 19.3 Å². The van der Waals surface area contributed by atoms with Crippen LogP contribution in [0, 0.1) is 11.6 Å². The fraction of sp³-hybridized carbons (Fsp3) is 0.278. The molecule has 134 valence electrons. The van der Waals surface area contributed by atoms with Crippen molar-refractivity contribution in [1.82, 2.24) is 0 Å². The highest BCUT2D eigenvalue weighted by atomic mass is 19.1. The Morgan fingerprint density at radius 2 is 1.92 bits per heavy atom. The van der Waals surface area contributed by atoms with Crippen molar-refractivity contribution in [1.29, 1.82) is 0 Å². The lowest BCUT2D eigenvalue weighted by Crippen LogP contribution is -2.15. The number of ether oxygens (including phenoxy) is 3. The van der Waals surface area contributed by atoms with Crippen molar-refractivity contribution in [2.75, 3.05) is 13.7 Å². The van der Waals surface area contributed by atoms with Gasteiger partial charge in [-0.15, -0.1) is 0 Å². The Kier molecular flexibility index (Phi) is 6.30. The first-order chi connectivity index (χ1) is 12.0. The minimum Gasteiger partial charge on any atom is -0.493 e. The van der Waals surface area contributed by atoms with Crippen LogP contribution in [0.5, 0.6) is 11.5 Å². The Bertz CT molecular complexity index is 748. The maximum atomic E-state index is 13.6. The lowest BCUT2D eigenvalue weighted by atomic mass is 10.1. The topological polar surface area (TPSA) is 65.0 Å². The normalized spacial score (nSPS) is 11.8. The Morgan fingerprint density at radius 1 is 1.16 bits per heavy atom. The van der Waals surface area contributed by atoms with Gasteiger partial charge in [-0.3, -0.25) is 0 Å². The second-order valence-electron chi connectivity index (χ2n) is 5.11. The van der Waals surface area contributed by atoms with Crippen LogP contribution in [0.3, 0.4) is 0 Å². The summed E-state index contributed by atoms with van der Waals surface area (Å²) in [7, 11) is 1.39. The summed E-state index contributed by atoms with van der Waals surface area (Å²) in [6, 6.07) is 7.59. The van der Waals surface area contributed by atoms with E-state index in [2.05, 4.69) is 0 Å². The quantitative estimate of drug-likeness (QED) is 0.784. The molecular weight excluding hydrogens is 334 g/mol. The van der Waals surface area contributed by atoms with Crippen LogP contribution in [0.15, 0.2) is 36.4 Å². The molecule has 0 saturated carbocycles. The monoisotopic (exact) mass is 352 g/mol. The van der Waals surface area contributed by atoms with Crippen LogP contribution in [0.1, 0.15) is 24.2 Å². The van der Waals surface area contributed by atoms with E-state index in [-0.39, 0.29) is 30.3 Å². The van der Waals surface area contributed by atoms with Crippen molar-refractivity contribution in [2.45, 2.75) is 19.6 Å². The van der Waals surface area contributed by atoms with E-state index in [4.69, 9.17) is 14.2 Å². The SMILES string of the molecule is CCOC(C(=O)O)c1ccc(OCc2cc(F)ccc2F)c(OC)c1. The number of carbonyl (C=O) groups is 1. The van der Waals surface area contributed by atoms with Gasteiger partial charge in [0.05, 0.1) is 7.11 Å². The molecule has 7 heteroatoms. The van der Waals surface area contributed by atoms with Crippen LogP contribution in [0.4, 0.5) is 8.78 Å². The number of carboxylic acids is 1. The van der Waals surface area contributed by atoms with E-state index in [0.717, 1.165) is 18.2 Å². The highest BCUT2D eigenvalue weighted by Gasteiger charge is 2.21. The van der Waals surface area contributed by atoms with Crippen LogP contribution >= 0.6 is 0 Å². The zero-order valence-electron chi connectivity index (χ0n) is 13.8. The summed E-state index contributed by atoms with van der Waals surface area (Å²) in [5.41, 5.74) is 0.444. The predicted octanol–water partition coefficient (Wildman–Crippen LogP) is 3.71. The molecule has 2 rings (SSSR count). The van der Waals surface area contributed by atoms with Crippen LogP contribution in [0.25, 0.3) is 0 Å². The van der Waals surface area contributed by atoms with Crippen LogP contribution in [-0.2, 0) is 16.1 Å². The van der Waals surface area contributed by atoms with E-state index < -0.39 is 23.7 Å². The lowest BCUT2D eigenvalue weighted by molar-refractivity contribution is -0.150. The summed E-state index contributed by atoms with van der Waals surface area (Å²) in [5.74, 6) is -1.74. The number of aliphatic carboxylic acids is 1. The molecule has 0 aliphatic rings. The van der Waals surface area contributed by atoms with Crippen molar-refractivity contribution < 1.29 is 32.9 Å². The first-order valence-electron chi connectivity index (χ1n) is 7.55. The van der Waals surface area contributed by atoms with Gasteiger partial charge in [0.1, 0.15) is 18.2 Å². The molecule has 2 aromatic rings. The second kappa shape index (κ2) is 8.43. The molecule has 1 N–H and O–H groups in total. The summed E-state index contributed by atoms with van der Waals surface area (Å²) in [4.78, 5) is 11.3. The Hall–Kier alpha value is -2.67. The molecule has 0 aliphatic carbocycles. The number of benzene rings is 2. The van der Waals surface area contributed by atoms with Gasteiger partial charge in [0.15, 0.2) is 17.6 Å². The van der Waals surface area contributed by atoms with Gasteiger partial charge in [-0.2, -0.15) is 0 Å². The molecule has 5 nitrogen and oxygen atoms in total. The largest absolute Gasteiger partial charge is 0.493 e. The molecule has 1 atom stereocenters. The zero-order valence-corrected chi connectivity index (χ0v) is 13.8. The minimum absolute atomic E-state index is 0.0591. The van der Waals surface area contributed by atoms with Gasteiger partial charge in [0.2, 0.25) is 0 Å². The van der Waals surface area contributed by atoms with E-state index in [1.165, 1.54) is 25.3 Å². The molecule has 0 spiro atoms. The Balaban J connectivity index is 2.21. The van der Waals surface area contributed by atoms with E-state index in [9.17, 15) is 18.7 Å². The first-order valence-corrected chi connectivity index (χ1v) is 7.55. The molecule has 25 heavy (non-hydrogen) atoms. The van der Waals surface area contributed by atoms with Crippen molar-refractivity contribution in [3.05, 3.63) is 59.2 Å². The fourth-order valence-electron chi connectivity index (χ4n) is 2.25. The summed E-state index contributed by atoms with van der Waals surface area (Å²) < 4.78 is 42.7. The van der Waals surface area contributed by atoms with Crippen LogP contribution < -0.4 is 9.47 Å². The first kappa shape index (κ1) is 18.7. The van der Waals surface area contributed by atoms with E-state index in [1.807, 2.05) is 0 Å². The van der Waals surface area contributed by atoms with Gasteiger partial charge in [0.25, 0.3) is 0 Å². The predicted molar refractivity (Wildman–Crippen MR) is 85.7 cm³/mol. The van der Waals surface area contributed by atoms with Crippen molar-refractivity contribution in [3.8, 4) is 11.5 Å². The van der Waals surface area contributed by atoms with Gasteiger partial charge in [-0.25, -0.2) is 13.6 Å². The maximum Gasteiger partial charge on any atom is 0.337 e. The molecule has 2 aromatic carbocycles. The minimum atomic E-state index is -1.13. The van der Waals surface area contributed by atoms with Crippen molar-refractivity contribution in [3.63, 3.8) is 0 Å². The third-order valence-electron chi connectivity index (χ3n) is 3.44. The molecule has 0 heterocycles.